The second kappa shape index (κ2) is 4.45. The molecule has 1 aromatic carbocycles. The van der Waals surface area contributed by atoms with E-state index in [1.807, 2.05) is 29.8 Å². The molecule has 1 heterocycles. The molecule has 0 aliphatic heterocycles. The van der Waals surface area contributed by atoms with Gasteiger partial charge in [0.1, 0.15) is 5.82 Å². The van der Waals surface area contributed by atoms with E-state index < -0.39 is 6.10 Å². The molecule has 0 fully saturated rings. The monoisotopic (exact) mass is 273 g/mol. The van der Waals surface area contributed by atoms with Gasteiger partial charge < -0.3 is 9.67 Å². The topological polar surface area (TPSA) is 25.2 Å². The molecule has 2 nitrogen and oxygen atoms in total. The molecule has 20 heavy (non-hydrogen) atoms. The lowest BCUT2D eigenvalue weighted by atomic mass is 9.75. The van der Waals surface area contributed by atoms with Crippen molar-refractivity contribution in [2.45, 2.75) is 39.7 Å². The number of aliphatic hydroxyl groups excluding tert-OH is 1. The molecular formula is C17H20FNO. The van der Waals surface area contributed by atoms with Crippen LogP contribution in [0.3, 0.4) is 0 Å². The van der Waals surface area contributed by atoms with Crippen LogP contribution >= 0.6 is 0 Å². The number of hydrogen-bond acceptors (Lipinski definition) is 1. The van der Waals surface area contributed by atoms with Crippen molar-refractivity contribution in [3.63, 3.8) is 0 Å². The van der Waals surface area contributed by atoms with E-state index in [9.17, 15) is 9.50 Å². The quantitative estimate of drug-likeness (QED) is 0.836. The molecule has 1 N–H and O–H groups in total. The molecule has 1 aromatic heterocycles. The first-order chi connectivity index (χ1) is 9.37. The van der Waals surface area contributed by atoms with Crippen molar-refractivity contribution < 1.29 is 9.50 Å². The number of aliphatic hydroxyl groups is 1. The van der Waals surface area contributed by atoms with Gasteiger partial charge in [0.25, 0.3) is 0 Å². The summed E-state index contributed by atoms with van der Waals surface area (Å²) < 4.78 is 16.1. The molecule has 0 radical (unpaired) electrons. The predicted molar refractivity (Wildman–Crippen MR) is 77.5 cm³/mol. The number of hydrogen-bond donors (Lipinski definition) is 1. The molecule has 0 bridgehead atoms. The van der Waals surface area contributed by atoms with Crippen molar-refractivity contribution in [1.82, 2.24) is 4.57 Å². The Labute approximate surface area is 118 Å². The molecule has 0 saturated carbocycles. The Hall–Kier alpha value is -1.61. The van der Waals surface area contributed by atoms with Crippen molar-refractivity contribution in [2.75, 3.05) is 0 Å². The van der Waals surface area contributed by atoms with Crippen LogP contribution < -0.4 is 0 Å². The standard InChI is InChI=1S/C17H20FNO/c1-11-4-5-14(13(18)8-11)19-7-6-12-15(19)9-17(2,3)10-16(12)20/h4-8,16,20H,9-10H2,1-3H3. The number of benzene rings is 1. The SMILES string of the molecule is Cc1ccc(-n2ccc3c2CC(C)(C)CC3O)c(F)c1. The lowest BCUT2D eigenvalue weighted by Gasteiger charge is -2.34. The smallest absolute Gasteiger partial charge is 0.147 e. The molecule has 1 unspecified atom stereocenters. The third-order valence-electron chi connectivity index (χ3n) is 4.14. The Bertz CT molecular complexity index is 657. The molecule has 1 aliphatic rings. The van der Waals surface area contributed by atoms with E-state index in [1.54, 1.807) is 12.1 Å². The van der Waals surface area contributed by atoms with E-state index in [1.165, 1.54) is 0 Å². The van der Waals surface area contributed by atoms with Gasteiger partial charge in [-0.15, -0.1) is 0 Å². The number of nitrogens with zero attached hydrogens (tertiary/aromatic N) is 1. The summed E-state index contributed by atoms with van der Waals surface area (Å²) in [5.41, 5.74) is 3.46. The van der Waals surface area contributed by atoms with Crippen LogP contribution in [0.15, 0.2) is 30.5 Å². The van der Waals surface area contributed by atoms with Crippen LogP contribution in [-0.2, 0) is 6.42 Å². The van der Waals surface area contributed by atoms with E-state index in [0.717, 1.165) is 29.7 Å². The van der Waals surface area contributed by atoms with Gasteiger partial charge in [-0.2, -0.15) is 0 Å². The van der Waals surface area contributed by atoms with Crippen LogP contribution in [0.5, 0.6) is 0 Å². The fourth-order valence-corrected chi connectivity index (χ4v) is 3.16. The molecule has 1 aliphatic carbocycles. The van der Waals surface area contributed by atoms with Gasteiger partial charge >= 0.3 is 0 Å². The zero-order valence-corrected chi connectivity index (χ0v) is 12.2. The molecule has 1 atom stereocenters. The summed E-state index contributed by atoms with van der Waals surface area (Å²) in [6.07, 6.45) is 3.01. The summed E-state index contributed by atoms with van der Waals surface area (Å²) >= 11 is 0. The second-order valence-corrected chi connectivity index (χ2v) is 6.60. The van der Waals surface area contributed by atoms with Crippen molar-refractivity contribution >= 4 is 0 Å². The summed E-state index contributed by atoms with van der Waals surface area (Å²) in [5, 5.41) is 10.3. The normalized spacial score (nSPS) is 20.8. The molecule has 0 amide bonds. The summed E-state index contributed by atoms with van der Waals surface area (Å²) in [5.74, 6) is -0.221. The van der Waals surface area contributed by atoms with Gasteiger partial charge in [-0.1, -0.05) is 19.9 Å². The van der Waals surface area contributed by atoms with Crippen molar-refractivity contribution in [2.24, 2.45) is 5.41 Å². The maximum absolute atomic E-state index is 14.2. The van der Waals surface area contributed by atoms with Crippen LogP contribution in [0.25, 0.3) is 5.69 Å². The molecule has 3 rings (SSSR count). The number of rotatable bonds is 1. The summed E-state index contributed by atoms with van der Waals surface area (Å²) in [4.78, 5) is 0. The number of aryl methyl sites for hydroxylation is 1. The number of aromatic nitrogens is 1. The van der Waals surface area contributed by atoms with E-state index in [-0.39, 0.29) is 11.2 Å². The van der Waals surface area contributed by atoms with E-state index in [0.29, 0.717) is 5.69 Å². The molecule has 3 heteroatoms. The van der Waals surface area contributed by atoms with E-state index in [2.05, 4.69) is 13.8 Å². The van der Waals surface area contributed by atoms with E-state index >= 15 is 0 Å². The molecule has 2 aromatic rings. The summed E-state index contributed by atoms with van der Waals surface area (Å²) in [6.45, 7) is 6.16. The Balaban J connectivity index is 2.13. The van der Waals surface area contributed by atoms with Crippen LogP contribution in [-0.4, -0.2) is 9.67 Å². The van der Waals surface area contributed by atoms with Gasteiger partial charge in [0.05, 0.1) is 11.8 Å². The molecule has 106 valence electrons. The number of fused-ring (bicyclic) bond motifs is 1. The highest BCUT2D eigenvalue weighted by molar-refractivity contribution is 5.42. The Morgan fingerprint density at radius 1 is 1.30 bits per heavy atom. The van der Waals surface area contributed by atoms with Crippen LogP contribution in [0.2, 0.25) is 0 Å². The highest BCUT2D eigenvalue weighted by atomic mass is 19.1. The Morgan fingerprint density at radius 3 is 2.75 bits per heavy atom. The lowest BCUT2D eigenvalue weighted by molar-refractivity contribution is 0.0986. The Kier molecular flexibility index (Phi) is 2.98. The first-order valence-corrected chi connectivity index (χ1v) is 7.02. The van der Waals surface area contributed by atoms with E-state index in [4.69, 9.17) is 0 Å². The zero-order valence-electron chi connectivity index (χ0n) is 12.2. The first kappa shape index (κ1) is 13.4. The summed E-state index contributed by atoms with van der Waals surface area (Å²) in [6, 6.07) is 7.18. The minimum atomic E-state index is -0.455. The highest BCUT2D eigenvalue weighted by Gasteiger charge is 2.33. The van der Waals surface area contributed by atoms with Gasteiger partial charge in [-0.3, -0.25) is 0 Å². The largest absolute Gasteiger partial charge is 0.388 e. The first-order valence-electron chi connectivity index (χ1n) is 7.02. The van der Waals surface area contributed by atoms with Crippen LogP contribution in [0.4, 0.5) is 4.39 Å². The van der Waals surface area contributed by atoms with Gasteiger partial charge in [-0.25, -0.2) is 4.39 Å². The minimum Gasteiger partial charge on any atom is -0.388 e. The highest BCUT2D eigenvalue weighted by Crippen LogP contribution is 2.41. The lowest BCUT2D eigenvalue weighted by Crippen LogP contribution is -2.26. The molecular weight excluding hydrogens is 253 g/mol. The maximum Gasteiger partial charge on any atom is 0.147 e. The Morgan fingerprint density at radius 2 is 2.05 bits per heavy atom. The fourth-order valence-electron chi connectivity index (χ4n) is 3.16. The summed E-state index contributed by atoms with van der Waals surface area (Å²) in [7, 11) is 0. The van der Waals surface area contributed by atoms with Gasteiger partial charge in [0.15, 0.2) is 0 Å². The van der Waals surface area contributed by atoms with Crippen LogP contribution in [0, 0.1) is 18.2 Å². The zero-order chi connectivity index (χ0) is 14.5. The third kappa shape index (κ3) is 2.16. The van der Waals surface area contributed by atoms with Crippen LogP contribution in [0.1, 0.15) is 43.2 Å². The van der Waals surface area contributed by atoms with Gasteiger partial charge in [0.2, 0.25) is 0 Å². The molecule has 0 saturated heterocycles. The van der Waals surface area contributed by atoms with Crippen molar-refractivity contribution in [1.29, 1.82) is 0 Å². The molecule has 0 spiro atoms. The number of halogens is 1. The average molecular weight is 273 g/mol. The fraction of sp³-hybridized carbons (Fsp3) is 0.412. The second-order valence-electron chi connectivity index (χ2n) is 6.60. The van der Waals surface area contributed by atoms with Crippen molar-refractivity contribution in [3.05, 3.63) is 53.1 Å². The van der Waals surface area contributed by atoms with Gasteiger partial charge in [0, 0.05) is 17.5 Å². The maximum atomic E-state index is 14.2. The van der Waals surface area contributed by atoms with Gasteiger partial charge in [-0.05, 0) is 48.9 Å². The minimum absolute atomic E-state index is 0.0314. The van der Waals surface area contributed by atoms with Crippen molar-refractivity contribution in [3.8, 4) is 5.69 Å². The predicted octanol–water partition coefficient (Wildman–Crippen LogP) is 3.93. The average Bonchev–Trinajstić information content (AvgIpc) is 2.71. The third-order valence-corrected chi connectivity index (χ3v) is 4.14.